The lowest BCUT2D eigenvalue weighted by Crippen LogP contribution is -2.52. The number of anilines is 1. The zero-order chi connectivity index (χ0) is 42.8. The molecule has 5 amide bonds. The van der Waals surface area contributed by atoms with Gasteiger partial charge in [0.1, 0.15) is 41.1 Å². The van der Waals surface area contributed by atoms with Crippen molar-refractivity contribution in [1.82, 2.24) is 30.0 Å². The first-order valence-corrected chi connectivity index (χ1v) is 21.4. The first kappa shape index (κ1) is 42.2. The second-order valence-electron chi connectivity index (χ2n) is 16.2. The number of carbonyl (C=O) groups is 4. The molecule has 0 bridgehead atoms. The topological polar surface area (TPSA) is 154 Å². The Morgan fingerprint density at radius 1 is 0.902 bits per heavy atom. The quantitative estimate of drug-likeness (QED) is 0.113. The minimum Gasteiger partial charge on any atom is -0.493 e. The Balaban J connectivity index is 0.800. The molecule has 4 aliphatic heterocycles. The number of piperazine rings is 1. The fourth-order valence-electron chi connectivity index (χ4n) is 9.24. The molecule has 3 fully saturated rings. The largest absolute Gasteiger partial charge is 0.493 e. The number of aromatic nitrogens is 2. The molecule has 3 N–H and O–H groups in total. The van der Waals surface area contributed by atoms with Gasteiger partial charge in [0.15, 0.2) is 5.82 Å². The van der Waals surface area contributed by atoms with Gasteiger partial charge in [-0.25, -0.2) is 27.9 Å². The van der Waals surface area contributed by atoms with Gasteiger partial charge in [-0.3, -0.25) is 19.7 Å². The third-order valence-electron chi connectivity index (χ3n) is 12.5. The molecular weight excluding hydrogens is 813 g/mol. The number of primary amides is 1. The average Bonchev–Trinajstić information content (AvgIpc) is 3.57. The maximum absolute atomic E-state index is 16.3. The monoisotopic (exact) mass is 860 g/mol. The highest BCUT2D eigenvalue weighted by Crippen LogP contribution is 2.43. The van der Waals surface area contributed by atoms with Crippen LogP contribution in [0.5, 0.6) is 5.75 Å². The van der Waals surface area contributed by atoms with Crippen LogP contribution in [-0.2, 0) is 16.1 Å². The van der Waals surface area contributed by atoms with Gasteiger partial charge in [-0.1, -0.05) is 36.9 Å². The van der Waals surface area contributed by atoms with Gasteiger partial charge < -0.3 is 30.1 Å². The van der Waals surface area contributed by atoms with E-state index in [1.165, 1.54) is 34.3 Å². The van der Waals surface area contributed by atoms with Crippen LogP contribution < -0.4 is 20.7 Å². The Morgan fingerprint density at radius 3 is 2.41 bits per heavy atom. The maximum Gasteiger partial charge on any atom is 0.314 e. The van der Waals surface area contributed by atoms with E-state index in [4.69, 9.17) is 22.1 Å². The van der Waals surface area contributed by atoms with E-state index >= 15 is 8.78 Å². The van der Waals surface area contributed by atoms with Gasteiger partial charge in [0.25, 0.3) is 5.91 Å². The number of amides is 5. The molecule has 13 nitrogen and oxygen atoms in total. The van der Waals surface area contributed by atoms with Crippen LogP contribution in [-0.4, -0.2) is 107 Å². The van der Waals surface area contributed by atoms with Crippen LogP contribution in [0.3, 0.4) is 0 Å². The fraction of sp³-hybridized carbons (Fsp3) is 0.455. The molecule has 5 heterocycles. The summed E-state index contributed by atoms with van der Waals surface area (Å²) >= 11 is 6.70. The number of hydrogen-bond acceptors (Lipinski definition) is 9. The van der Waals surface area contributed by atoms with E-state index in [2.05, 4.69) is 20.2 Å². The van der Waals surface area contributed by atoms with E-state index in [-0.39, 0.29) is 64.5 Å². The molecule has 8 rings (SSSR count). The van der Waals surface area contributed by atoms with E-state index in [9.17, 15) is 23.6 Å². The van der Waals surface area contributed by atoms with Crippen LogP contribution in [0.15, 0.2) is 42.7 Å². The standard InChI is InChI=1S/C44H48ClF3N8O5/c45-32-23-30-40(50-25-51-41(30)54-16-18-55(19-17-54)44(49)60)39(48)37(32)38-33(47)7-6-8-35(38)61-20-5-3-1-2-4-13-53-14-11-26(12-15-53)28-21-27(46)22-29-31(28)24-56(43(29)59)34-9-10-36(57)52-42(34)58/h6-8,21-23,25-26,34H,1-5,9-20,24H2,(H2,49,60)(H,52,57,58). The Labute approximate surface area is 356 Å². The second kappa shape index (κ2) is 18.2. The predicted molar refractivity (Wildman–Crippen MR) is 223 cm³/mol. The maximum atomic E-state index is 16.3. The van der Waals surface area contributed by atoms with Crippen molar-refractivity contribution in [2.75, 3.05) is 57.3 Å². The zero-order valence-electron chi connectivity index (χ0n) is 33.7. The molecule has 4 aliphatic rings. The number of halogens is 4. The van der Waals surface area contributed by atoms with Gasteiger partial charge in [0, 0.05) is 55.7 Å². The summed E-state index contributed by atoms with van der Waals surface area (Å²) in [5.41, 5.74) is 7.15. The molecule has 4 aromatic rings. The number of nitrogens with zero attached hydrogens (tertiary/aromatic N) is 6. The summed E-state index contributed by atoms with van der Waals surface area (Å²) in [6.07, 6.45) is 7.97. The number of benzene rings is 3. The highest BCUT2D eigenvalue weighted by molar-refractivity contribution is 6.34. The highest BCUT2D eigenvalue weighted by Gasteiger charge is 2.41. The SMILES string of the molecule is NC(=O)N1CCN(c2ncnc3c(F)c(-c4c(F)cccc4OCCCCCCCN4CCC(c5cc(F)cc6c5CN(C5CCC(=O)NC5=O)C6=O)CC4)c(Cl)cc23)CC1. The first-order valence-electron chi connectivity index (χ1n) is 21.0. The number of nitrogens with two attached hydrogens (primary N) is 1. The molecule has 1 aromatic heterocycles. The molecule has 0 spiro atoms. The number of likely N-dealkylation sites (tertiary alicyclic amines) is 1. The van der Waals surface area contributed by atoms with Crippen molar-refractivity contribution in [3.63, 3.8) is 0 Å². The Hall–Kier alpha value is -5.48. The summed E-state index contributed by atoms with van der Waals surface area (Å²) in [5, 5.41) is 2.68. The van der Waals surface area contributed by atoms with Crippen molar-refractivity contribution in [2.24, 2.45) is 5.73 Å². The Kier molecular flexibility index (Phi) is 12.6. The van der Waals surface area contributed by atoms with Crippen LogP contribution in [0.2, 0.25) is 5.02 Å². The summed E-state index contributed by atoms with van der Waals surface area (Å²) < 4.78 is 52.7. The number of urea groups is 1. The minimum absolute atomic E-state index is 0.00664. The van der Waals surface area contributed by atoms with Crippen LogP contribution in [0.25, 0.3) is 22.0 Å². The summed E-state index contributed by atoms with van der Waals surface area (Å²) in [6, 6.07) is 7.46. The lowest BCUT2D eigenvalue weighted by molar-refractivity contribution is -0.136. The minimum atomic E-state index is -0.784. The first-order chi connectivity index (χ1) is 29.5. The Bertz CT molecular complexity index is 2350. The lowest BCUT2D eigenvalue weighted by atomic mass is 9.85. The third kappa shape index (κ3) is 8.83. The molecular formula is C44H48ClF3N8O5. The number of nitrogens with one attached hydrogen (secondary N) is 1. The summed E-state index contributed by atoms with van der Waals surface area (Å²) in [7, 11) is 0. The van der Waals surface area contributed by atoms with Crippen molar-refractivity contribution in [2.45, 2.75) is 76.3 Å². The molecule has 17 heteroatoms. The van der Waals surface area contributed by atoms with E-state index in [1.54, 1.807) is 18.2 Å². The second-order valence-corrected chi connectivity index (χ2v) is 16.6. The summed E-state index contributed by atoms with van der Waals surface area (Å²) in [6.45, 7) is 4.84. The number of fused-ring (bicyclic) bond motifs is 2. The van der Waals surface area contributed by atoms with E-state index in [0.29, 0.717) is 49.6 Å². The molecule has 1 atom stereocenters. The van der Waals surface area contributed by atoms with Crippen LogP contribution in [0.1, 0.15) is 85.2 Å². The third-order valence-corrected chi connectivity index (χ3v) is 12.8. The van der Waals surface area contributed by atoms with E-state index in [1.807, 2.05) is 4.90 Å². The van der Waals surface area contributed by atoms with E-state index < -0.39 is 35.4 Å². The van der Waals surface area contributed by atoms with Crippen LogP contribution >= 0.6 is 11.6 Å². The van der Waals surface area contributed by atoms with Gasteiger partial charge in [-0.05, 0) is 99.1 Å². The molecule has 1 unspecified atom stereocenters. The van der Waals surface area contributed by atoms with Crippen LogP contribution in [0, 0.1) is 17.5 Å². The molecule has 0 saturated carbocycles. The molecule has 3 saturated heterocycles. The van der Waals surface area contributed by atoms with Gasteiger partial charge in [0.05, 0.1) is 17.2 Å². The Morgan fingerprint density at radius 2 is 1.66 bits per heavy atom. The van der Waals surface area contributed by atoms with Crippen molar-refractivity contribution in [3.05, 3.63) is 81.9 Å². The lowest BCUT2D eigenvalue weighted by Gasteiger charge is -2.34. The zero-order valence-corrected chi connectivity index (χ0v) is 34.5. The van der Waals surface area contributed by atoms with Gasteiger partial charge in [-0.2, -0.15) is 0 Å². The van der Waals surface area contributed by atoms with Crippen molar-refractivity contribution in [1.29, 1.82) is 0 Å². The molecule has 0 radical (unpaired) electrons. The number of hydrogen-bond donors (Lipinski definition) is 2. The molecule has 0 aliphatic carbocycles. The van der Waals surface area contributed by atoms with Gasteiger partial charge in [-0.15, -0.1) is 0 Å². The van der Waals surface area contributed by atoms with E-state index in [0.717, 1.165) is 75.7 Å². The van der Waals surface area contributed by atoms with Crippen molar-refractivity contribution in [3.8, 4) is 16.9 Å². The number of carbonyl (C=O) groups excluding carboxylic acids is 4. The number of imide groups is 1. The fourth-order valence-corrected chi connectivity index (χ4v) is 9.52. The highest BCUT2D eigenvalue weighted by atomic mass is 35.5. The van der Waals surface area contributed by atoms with Gasteiger partial charge in [0.2, 0.25) is 11.8 Å². The summed E-state index contributed by atoms with van der Waals surface area (Å²) in [4.78, 5) is 65.0. The van der Waals surface area contributed by atoms with Crippen LogP contribution in [0.4, 0.5) is 23.8 Å². The molecule has 322 valence electrons. The number of piperidine rings is 2. The number of rotatable bonds is 13. The van der Waals surface area contributed by atoms with Crippen molar-refractivity contribution < 1.29 is 37.1 Å². The summed E-state index contributed by atoms with van der Waals surface area (Å²) in [5.74, 6) is -2.37. The smallest absolute Gasteiger partial charge is 0.314 e. The number of unbranched alkanes of at least 4 members (excludes halogenated alkanes) is 4. The average molecular weight is 861 g/mol. The van der Waals surface area contributed by atoms with Gasteiger partial charge >= 0.3 is 6.03 Å². The van der Waals surface area contributed by atoms with Crippen molar-refractivity contribution >= 4 is 52.1 Å². The normalized spacial score (nSPS) is 18.9. The molecule has 61 heavy (non-hydrogen) atoms. The predicted octanol–water partition coefficient (Wildman–Crippen LogP) is 6.54. The number of ether oxygens (including phenoxy) is 1. The molecule has 3 aromatic carbocycles.